The first kappa shape index (κ1) is 12.0. The maximum Gasteiger partial charge on any atom is 0.272 e. The number of anilines is 1. The number of rotatable bonds is 4. The monoisotopic (exact) mass is 243 g/mol. The van der Waals surface area contributed by atoms with Crippen LogP contribution in [0.3, 0.4) is 0 Å². The van der Waals surface area contributed by atoms with Crippen LogP contribution in [0.4, 0.5) is 5.82 Å². The minimum Gasteiger partial charge on any atom is -0.347 e. The van der Waals surface area contributed by atoms with E-state index in [2.05, 4.69) is 20.9 Å². The minimum atomic E-state index is -0.269. The number of nitrogens with one attached hydrogen (secondary N) is 2. The molecule has 0 aliphatic carbocycles. The first-order chi connectivity index (χ1) is 8.79. The zero-order chi connectivity index (χ0) is 12.8. The molecule has 2 rings (SSSR count). The number of amides is 1. The van der Waals surface area contributed by atoms with Gasteiger partial charge in [-0.3, -0.25) is 4.79 Å². The van der Waals surface area contributed by atoms with E-state index in [0.717, 1.165) is 5.56 Å². The predicted octanol–water partition coefficient (Wildman–Crippen LogP) is 0.692. The lowest BCUT2D eigenvalue weighted by atomic mass is 10.2. The Hall–Kier alpha value is -2.47. The fourth-order valence-corrected chi connectivity index (χ4v) is 1.40. The number of aromatic nitrogens is 2. The maximum absolute atomic E-state index is 11.8. The highest BCUT2D eigenvalue weighted by molar-refractivity contribution is 5.92. The van der Waals surface area contributed by atoms with Gasteiger partial charge in [0, 0.05) is 6.54 Å². The summed E-state index contributed by atoms with van der Waals surface area (Å²) in [5.74, 6) is 5.30. The van der Waals surface area contributed by atoms with Crippen molar-refractivity contribution in [1.82, 2.24) is 15.5 Å². The highest BCUT2D eigenvalue weighted by atomic mass is 16.1. The van der Waals surface area contributed by atoms with Crippen molar-refractivity contribution in [2.45, 2.75) is 6.54 Å². The number of hydrogen-bond donors (Lipinski definition) is 3. The molecule has 2 aromatic rings. The van der Waals surface area contributed by atoms with Gasteiger partial charge in [-0.15, -0.1) is 10.2 Å². The Morgan fingerprint density at radius 3 is 2.50 bits per heavy atom. The summed E-state index contributed by atoms with van der Waals surface area (Å²) in [6, 6.07) is 12.8. The third kappa shape index (κ3) is 3.02. The van der Waals surface area contributed by atoms with Gasteiger partial charge in [0.15, 0.2) is 11.5 Å². The fourth-order valence-electron chi connectivity index (χ4n) is 1.40. The number of benzene rings is 1. The normalized spacial score (nSPS) is 9.83. The zero-order valence-corrected chi connectivity index (χ0v) is 9.63. The SMILES string of the molecule is NNc1ccc(C(=O)NCc2ccccc2)nn1. The van der Waals surface area contributed by atoms with Gasteiger partial charge >= 0.3 is 0 Å². The number of hydrogen-bond acceptors (Lipinski definition) is 5. The van der Waals surface area contributed by atoms with Crippen molar-refractivity contribution >= 4 is 11.7 Å². The largest absolute Gasteiger partial charge is 0.347 e. The van der Waals surface area contributed by atoms with E-state index in [1.165, 1.54) is 0 Å². The van der Waals surface area contributed by atoms with E-state index in [-0.39, 0.29) is 11.6 Å². The third-order valence-electron chi connectivity index (χ3n) is 2.34. The summed E-state index contributed by atoms with van der Waals surface area (Å²) in [6.45, 7) is 0.457. The minimum absolute atomic E-state index is 0.255. The van der Waals surface area contributed by atoms with Gasteiger partial charge in [0.2, 0.25) is 0 Å². The van der Waals surface area contributed by atoms with E-state index < -0.39 is 0 Å². The predicted molar refractivity (Wildman–Crippen MR) is 67.5 cm³/mol. The quantitative estimate of drug-likeness (QED) is 0.542. The van der Waals surface area contributed by atoms with Crippen LogP contribution in [0.2, 0.25) is 0 Å². The summed E-state index contributed by atoms with van der Waals surface area (Å²) in [4.78, 5) is 11.8. The molecular weight excluding hydrogens is 230 g/mol. The number of hydrazine groups is 1. The molecule has 0 radical (unpaired) electrons. The van der Waals surface area contributed by atoms with Crippen molar-refractivity contribution in [1.29, 1.82) is 0 Å². The van der Waals surface area contributed by atoms with E-state index in [9.17, 15) is 4.79 Å². The van der Waals surface area contributed by atoms with Crippen molar-refractivity contribution in [3.8, 4) is 0 Å². The summed E-state index contributed by atoms with van der Waals surface area (Å²) in [7, 11) is 0. The molecule has 0 aliphatic heterocycles. The highest BCUT2D eigenvalue weighted by Gasteiger charge is 2.07. The molecule has 0 spiro atoms. The van der Waals surface area contributed by atoms with Crippen LogP contribution in [-0.2, 0) is 6.54 Å². The van der Waals surface area contributed by atoms with Crippen molar-refractivity contribution in [3.63, 3.8) is 0 Å². The molecule has 0 saturated heterocycles. The van der Waals surface area contributed by atoms with Crippen LogP contribution in [0.5, 0.6) is 0 Å². The Bertz CT molecular complexity index is 512. The molecule has 6 nitrogen and oxygen atoms in total. The Balaban J connectivity index is 1.95. The van der Waals surface area contributed by atoms with Crippen LogP contribution < -0.4 is 16.6 Å². The molecule has 0 atom stereocenters. The summed E-state index contributed by atoms with van der Waals surface area (Å²) in [6.07, 6.45) is 0. The Morgan fingerprint density at radius 2 is 1.89 bits per heavy atom. The molecule has 0 saturated carbocycles. The summed E-state index contributed by atoms with van der Waals surface area (Å²) in [5, 5.41) is 10.2. The third-order valence-corrected chi connectivity index (χ3v) is 2.34. The van der Waals surface area contributed by atoms with E-state index in [0.29, 0.717) is 12.4 Å². The van der Waals surface area contributed by atoms with Gasteiger partial charge < -0.3 is 10.7 Å². The second kappa shape index (κ2) is 5.74. The van der Waals surface area contributed by atoms with Gasteiger partial charge in [-0.1, -0.05) is 30.3 Å². The second-order valence-corrected chi connectivity index (χ2v) is 3.62. The van der Waals surface area contributed by atoms with Gasteiger partial charge in [0.1, 0.15) is 0 Å². The Labute approximate surface area is 104 Å². The van der Waals surface area contributed by atoms with Crippen molar-refractivity contribution in [2.24, 2.45) is 5.84 Å². The average molecular weight is 243 g/mol. The Kier molecular flexibility index (Phi) is 3.83. The van der Waals surface area contributed by atoms with Crippen LogP contribution in [0, 0.1) is 0 Å². The van der Waals surface area contributed by atoms with Crippen molar-refractivity contribution in [3.05, 3.63) is 53.7 Å². The Morgan fingerprint density at radius 1 is 1.11 bits per heavy atom. The van der Waals surface area contributed by atoms with Gasteiger partial charge in [-0.05, 0) is 17.7 Å². The molecule has 1 amide bonds. The molecular formula is C12H13N5O. The average Bonchev–Trinajstić information content (AvgIpc) is 2.46. The molecule has 1 aromatic carbocycles. The lowest BCUT2D eigenvalue weighted by Crippen LogP contribution is -2.24. The standard InChI is InChI=1S/C12H13N5O/c13-15-11-7-6-10(16-17-11)12(18)14-8-9-4-2-1-3-5-9/h1-7H,8,13H2,(H,14,18)(H,15,17). The van der Waals surface area contributed by atoms with E-state index in [1.807, 2.05) is 30.3 Å². The summed E-state index contributed by atoms with van der Waals surface area (Å²) < 4.78 is 0. The number of nitrogen functional groups attached to an aromatic ring is 1. The molecule has 0 aliphatic rings. The first-order valence-corrected chi connectivity index (χ1v) is 5.42. The van der Waals surface area contributed by atoms with Crippen LogP contribution in [0.25, 0.3) is 0 Å². The molecule has 0 bridgehead atoms. The van der Waals surface area contributed by atoms with Crippen LogP contribution in [0.15, 0.2) is 42.5 Å². The number of nitrogens with zero attached hydrogens (tertiary/aromatic N) is 2. The van der Waals surface area contributed by atoms with Gasteiger partial charge in [-0.2, -0.15) is 0 Å². The lowest BCUT2D eigenvalue weighted by Gasteiger charge is -2.04. The van der Waals surface area contributed by atoms with Crippen LogP contribution in [-0.4, -0.2) is 16.1 Å². The molecule has 4 N–H and O–H groups in total. The molecule has 92 valence electrons. The van der Waals surface area contributed by atoms with E-state index in [4.69, 9.17) is 5.84 Å². The van der Waals surface area contributed by atoms with Crippen LogP contribution in [0.1, 0.15) is 16.1 Å². The van der Waals surface area contributed by atoms with Gasteiger partial charge in [-0.25, -0.2) is 5.84 Å². The highest BCUT2D eigenvalue weighted by Crippen LogP contribution is 2.01. The molecule has 0 fully saturated rings. The van der Waals surface area contributed by atoms with Gasteiger partial charge in [0.25, 0.3) is 5.91 Å². The van der Waals surface area contributed by atoms with Crippen molar-refractivity contribution < 1.29 is 4.79 Å². The van der Waals surface area contributed by atoms with Crippen LogP contribution >= 0.6 is 0 Å². The van der Waals surface area contributed by atoms with Gasteiger partial charge in [0.05, 0.1) is 0 Å². The van der Waals surface area contributed by atoms with Crippen molar-refractivity contribution in [2.75, 3.05) is 5.43 Å². The maximum atomic E-state index is 11.8. The number of carbonyl (C=O) groups is 1. The molecule has 0 unspecified atom stereocenters. The van der Waals surface area contributed by atoms with E-state index in [1.54, 1.807) is 12.1 Å². The molecule has 18 heavy (non-hydrogen) atoms. The zero-order valence-electron chi connectivity index (χ0n) is 9.63. The topological polar surface area (TPSA) is 92.9 Å². The summed E-state index contributed by atoms with van der Waals surface area (Å²) in [5.41, 5.74) is 3.63. The summed E-state index contributed by atoms with van der Waals surface area (Å²) >= 11 is 0. The second-order valence-electron chi connectivity index (χ2n) is 3.62. The van der Waals surface area contributed by atoms with E-state index >= 15 is 0 Å². The number of carbonyl (C=O) groups excluding carboxylic acids is 1. The lowest BCUT2D eigenvalue weighted by molar-refractivity contribution is 0.0945. The number of nitrogens with two attached hydrogens (primary N) is 1. The fraction of sp³-hybridized carbons (Fsp3) is 0.0833. The molecule has 1 heterocycles. The first-order valence-electron chi connectivity index (χ1n) is 5.42. The molecule has 6 heteroatoms. The molecule has 1 aromatic heterocycles. The smallest absolute Gasteiger partial charge is 0.272 e.